The van der Waals surface area contributed by atoms with Gasteiger partial charge in [0.25, 0.3) is 5.91 Å². The Balaban J connectivity index is 1.38. The summed E-state index contributed by atoms with van der Waals surface area (Å²) in [5.74, 6) is -0.105. The molecule has 1 amide bonds. The number of thiophene rings is 1. The Hall–Kier alpha value is -3.03. The van der Waals surface area contributed by atoms with Crippen molar-refractivity contribution in [2.45, 2.75) is 25.3 Å². The molecular formula is C24H24N4O2S. The minimum atomic E-state index is -0.105. The van der Waals surface area contributed by atoms with Crippen molar-refractivity contribution >= 4 is 27.5 Å². The molecule has 1 aliphatic rings. The van der Waals surface area contributed by atoms with Gasteiger partial charge in [0.15, 0.2) is 0 Å². The van der Waals surface area contributed by atoms with E-state index in [0.29, 0.717) is 18.9 Å². The van der Waals surface area contributed by atoms with E-state index in [1.807, 2.05) is 36.8 Å². The number of nitrogens with zero attached hydrogens (tertiary/aromatic N) is 3. The molecule has 5 rings (SSSR count). The van der Waals surface area contributed by atoms with Gasteiger partial charge < -0.3 is 10.1 Å². The van der Waals surface area contributed by atoms with Crippen LogP contribution in [0.15, 0.2) is 54.0 Å². The van der Waals surface area contributed by atoms with Crippen molar-refractivity contribution in [3.8, 4) is 11.3 Å². The molecule has 0 saturated carbocycles. The maximum absolute atomic E-state index is 12.9. The molecule has 0 unspecified atom stereocenters. The van der Waals surface area contributed by atoms with Crippen LogP contribution in [0.3, 0.4) is 0 Å². The fraction of sp³-hybridized carbons (Fsp3) is 0.292. The number of amides is 1. The number of rotatable bonds is 5. The van der Waals surface area contributed by atoms with Crippen molar-refractivity contribution < 1.29 is 9.53 Å². The zero-order valence-corrected chi connectivity index (χ0v) is 18.2. The van der Waals surface area contributed by atoms with Crippen molar-refractivity contribution in [1.82, 2.24) is 20.1 Å². The summed E-state index contributed by atoms with van der Waals surface area (Å²) in [6.45, 7) is 1.39. The van der Waals surface area contributed by atoms with Crippen LogP contribution in [0.2, 0.25) is 0 Å². The van der Waals surface area contributed by atoms with Gasteiger partial charge in [-0.3, -0.25) is 9.48 Å². The number of fused-ring (bicyclic) bond motifs is 1. The van der Waals surface area contributed by atoms with Crippen LogP contribution in [-0.4, -0.2) is 39.9 Å². The fourth-order valence-electron chi connectivity index (χ4n) is 3.95. The number of hydrogen-bond acceptors (Lipinski definition) is 5. The highest BCUT2D eigenvalue weighted by Gasteiger charge is 2.19. The van der Waals surface area contributed by atoms with E-state index < -0.39 is 0 Å². The van der Waals surface area contributed by atoms with E-state index in [2.05, 4.69) is 39.7 Å². The van der Waals surface area contributed by atoms with Crippen LogP contribution in [-0.2, 0) is 18.2 Å². The Kier molecular flexibility index (Phi) is 5.53. The van der Waals surface area contributed by atoms with Crippen LogP contribution in [0, 0.1) is 0 Å². The third kappa shape index (κ3) is 4.38. The van der Waals surface area contributed by atoms with E-state index in [0.717, 1.165) is 46.3 Å². The highest BCUT2D eigenvalue weighted by Crippen LogP contribution is 2.27. The molecule has 7 heteroatoms. The normalized spacial score (nSPS) is 14.7. The van der Waals surface area contributed by atoms with Crippen LogP contribution in [0.25, 0.3) is 21.5 Å². The SMILES string of the molecule is Cn1ccc(-c2ccc(Cc3cc(C(=O)NC4CCOCC4)nc4ccsc34)cc2)n1. The summed E-state index contributed by atoms with van der Waals surface area (Å²) in [4.78, 5) is 17.5. The molecule has 4 aromatic rings. The number of ether oxygens (including phenoxy) is 1. The molecule has 3 aromatic heterocycles. The lowest BCUT2D eigenvalue weighted by atomic mass is 10.0. The van der Waals surface area contributed by atoms with Gasteiger partial charge >= 0.3 is 0 Å². The van der Waals surface area contributed by atoms with Gasteiger partial charge in [0, 0.05) is 38.1 Å². The van der Waals surface area contributed by atoms with Gasteiger partial charge in [0.2, 0.25) is 0 Å². The summed E-state index contributed by atoms with van der Waals surface area (Å²) >= 11 is 1.67. The summed E-state index contributed by atoms with van der Waals surface area (Å²) in [6.07, 6.45) is 4.39. The van der Waals surface area contributed by atoms with E-state index in [9.17, 15) is 4.79 Å². The molecule has 31 heavy (non-hydrogen) atoms. The molecule has 0 aliphatic carbocycles. The first kappa shape index (κ1) is 19.9. The minimum absolute atomic E-state index is 0.105. The Morgan fingerprint density at radius 1 is 1.19 bits per heavy atom. The van der Waals surface area contributed by atoms with Gasteiger partial charge in [-0.15, -0.1) is 11.3 Å². The van der Waals surface area contributed by atoms with Crippen LogP contribution < -0.4 is 5.32 Å². The summed E-state index contributed by atoms with van der Waals surface area (Å²) in [5.41, 5.74) is 5.74. The molecule has 4 heterocycles. The number of benzene rings is 1. The molecule has 6 nitrogen and oxygen atoms in total. The predicted molar refractivity (Wildman–Crippen MR) is 122 cm³/mol. The largest absolute Gasteiger partial charge is 0.381 e. The third-order valence-corrected chi connectivity index (χ3v) is 6.61. The van der Waals surface area contributed by atoms with Gasteiger partial charge in [-0.1, -0.05) is 24.3 Å². The van der Waals surface area contributed by atoms with E-state index in [-0.39, 0.29) is 11.9 Å². The number of aryl methyl sites for hydroxylation is 1. The van der Waals surface area contributed by atoms with Gasteiger partial charge in [-0.2, -0.15) is 5.10 Å². The van der Waals surface area contributed by atoms with E-state index in [4.69, 9.17) is 4.74 Å². The quantitative estimate of drug-likeness (QED) is 0.513. The van der Waals surface area contributed by atoms with Crippen LogP contribution >= 0.6 is 11.3 Å². The van der Waals surface area contributed by atoms with Crippen LogP contribution in [0.4, 0.5) is 0 Å². The zero-order valence-electron chi connectivity index (χ0n) is 17.4. The summed E-state index contributed by atoms with van der Waals surface area (Å²) in [7, 11) is 1.92. The molecule has 1 aromatic carbocycles. The Morgan fingerprint density at radius 3 is 2.74 bits per heavy atom. The first-order chi connectivity index (χ1) is 15.2. The smallest absolute Gasteiger partial charge is 0.270 e. The number of nitrogens with one attached hydrogen (secondary N) is 1. The van der Waals surface area contributed by atoms with Crippen molar-refractivity contribution in [3.05, 3.63) is 70.9 Å². The van der Waals surface area contributed by atoms with Crippen molar-refractivity contribution in [2.24, 2.45) is 7.05 Å². The first-order valence-corrected chi connectivity index (χ1v) is 11.4. The molecule has 0 radical (unpaired) electrons. The minimum Gasteiger partial charge on any atom is -0.381 e. The van der Waals surface area contributed by atoms with Gasteiger partial charge in [-0.05, 0) is 54.0 Å². The van der Waals surface area contributed by atoms with E-state index in [1.54, 1.807) is 16.0 Å². The number of carbonyl (C=O) groups is 1. The third-order valence-electron chi connectivity index (χ3n) is 5.63. The average Bonchev–Trinajstić information content (AvgIpc) is 3.44. The molecule has 1 saturated heterocycles. The lowest BCUT2D eigenvalue weighted by Gasteiger charge is -2.23. The zero-order chi connectivity index (χ0) is 21.2. The summed E-state index contributed by atoms with van der Waals surface area (Å²) < 4.78 is 8.33. The lowest BCUT2D eigenvalue weighted by Crippen LogP contribution is -2.39. The molecule has 0 spiro atoms. The molecule has 1 aliphatic heterocycles. The second-order valence-corrected chi connectivity index (χ2v) is 8.83. The van der Waals surface area contributed by atoms with E-state index >= 15 is 0 Å². The van der Waals surface area contributed by atoms with Crippen LogP contribution in [0.1, 0.15) is 34.5 Å². The molecule has 158 valence electrons. The van der Waals surface area contributed by atoms with Gasteiger partial charge in [0.1, 0.15) is 5.69 Å². The van der Waals surface area contributed by atoms with Gasteiger partial charge in [0.05, 0.1) is 15.9 Å². The first-order valence-electron chi connectivity index (χ1n) is 10.5. The number of carbonyl (C=O) groups excluding carboxylic acids is 1. The highest BCUT2D eigenvalue weighted by atomic mass is 32.1. The van der Waals surface area contributed by atoms with Gasteiger partial charge in [-0.25, -0.2) is 4.98 Å². The standard InChI is InChI=1S/C24H24N4O2S/c1-28-10-6-20(27-28)17-4-2-16(3-5-17)14-18-15-22(26-21-9-13-31-23(18)21)24(29)25-19-7-11-30-12-8-19/h2-6,9-10,13,15,19H,7-8,11-12,14H2,1H3,(H,25,29). The summed E-state index contributed by atoms with van der Waals surface area (Å²) in [5, 5.41) is 9.62. The van der Waals surface area contributed by atoms with Crippen LogP contribution in [0.5, 0.6) is 0 Å². The summed E-state index contributed by atoms with van der Waals surface area (Å²) in [6, 6.07) is 14.6. The topological polar surface area (TPSA) is 69.0 Å². The fourth-order valence-corrected chi connectivity index (χ4v) is 4.80. The van der Waals surface area contributed by atoms with Crippen molar-refractivity contribution in [2.75, 3.05) is 13.2 Å². The lowest BCUT2D eigenvalue weighted by molar-refractivity contribution is 0.0694. The Morgan fingerprint density at radius 2 is 2.00 bits per heavy atom. The maximum atomic E-state index is 12.9. The molecular weight excluding hydrogens is 408 g/mol. The maximum Gasteiger partial charge on any atom is 0.270 e. The molecule has 1 fully saturated rings. The monoisotopic (exact) mass is 432 g/mol. The highest BCUT2D eigenvalue weighted by molar-refractivity contribution is 7.17. The van der Waals surface area contributed by atoms with E-state index in [1.165, 1.54) is 5.56 Å². The Labute approximate surface area is 184 Å². The second-order valence-electron chi connectivity index (χ2n) is 7.91. The predicted octanol–water partition coefficient (Wildman–Crippen LogP) is 4.20. The number of pyridine rings is 1. The molecule has 0 bridgehead atoms. The second kappa shape index (κ2) is 8.61. The number of aromatic nitrogens is 3. The average molecular weight is 433 g/mol. The molecule has 1 N–H and O–H groups in total. The number of hydrogen-bond donors (Lipinski definition) is 1. The van der Waals surface area contributed by atoms with Crippen molar-refractivity contribution in [1.29, 1.82) is 0 Å². The van der Waals surface area contributed by atoms with Crippen molar-refractivity contribution in [3.63, 3.8) is 0 Å². The Bertz CT molecular complexity index is 1210. The molecule has 0 atom stereocenters.